The Kier molecular flexibility index (Phi) is 3.74. The molecule has 0 aromatic rings. The maximum atomic E-state index is 9.57. The molecule has 4 atom stereocenters. The Morgan fingerprint density at radius 3 is 2.79 bits per heavy atom. The molecule has 0 aromatic carbocycles. The van der Waals surface area contributed by atoms with Crippen molar-refractivity contribution >= 4 is 11.8 Å². The van der Waals surface area contributed by atoms with E-state index in [2.05, 4.69) is 24.0 Å². The largest absolute Gasteiger partial charge is 0.393 e. The van der Waals surface area contributed by atoms with E-state index in [1.54, 1.807) is 0 Å². The van der Waals surface area contributed by atoms with Crippen molar-refractivity contribution in [3.8, 4) is 0 Å². The Balaban J connectivity index is 1.78. The number of hydrogen-bond donors (Lipinski definition) is 2. The van der Waals surface area contributed by atoms with E-state index in [1.165, 1.54) is 25.0 Å². The minimum atomic E-state index is -0.0504. The Morgan fingerprint density at radius 1 is 1.29 bits per heavy atom. The van der Waals surface area contributed by atoms with Crippen LogP contribution in [0.5, 0.6) is 0 Å². The predicted molar refractivity (Wildman–Crippen MR) is 61.7 cm³/mol. The molecule has 1 aliphatic carbocycles. The highest BCUT2D eigenvalue weighted by Crippen LogP contribution is 2.28. The number of rotatable bonds is 2. The first-order valence-electron chi connectivity index (χ1n) is 5.81. The fourth-order valence-corrected chi connectivity index (χ4v) is 3.78. The van der Waals surface area contributed by atoms with Gasteiger partial charge in [-0.25, -0.2) is 0 Å². The second-order valence-electron chi connectivity index (χ2n) is 4.66. The monoisotopic (exact) mass is 215 g/mol. The molecule has 2 N–H and O–H groups in total. The zero-order valence-electron chi connectivity index (χ0n) is 8.91. The van der Waals surface area contributed by atoms with Crippen LogP contribution in [-0.2, 0) is 0 Å². The van der Waals surface area contributed by atoms with Crippen LogP contribution in [0.3, 0.4) is 0 Å². The van der Waals surface area contributed by atoms with E-state index in [9.17, 15) is 5.11 Å². The summed E-state index contributed by atoms with van der Waals surface area (Å²) in [6.45, 7) is 2.31. The van der Waals surface area contributed by atoms with Gasteiger partial charge in [-0.15, -0.1) is 0 Å². The van der Waals surface area contributed by atoms with E-state index in [-0.39, 0.29) is 6.10 Å². The van der Waals surface area contributed by atoms with Crippen molar-refractivity contribution in [2.75, 3.05) is 5.75 Å². The molecule has 2 fully saturated rings. The van der Waals surface area contributed by atoms with Crippen molar-refractivity contribution in [1.29, 1.82) is 0 Å². The normalized spacial score (nSPS) is 44.1. The van der Waals surface area contributed by atoms with Crippen LogP contribution in [0.2, 0.25) is 0 Å². The van der Waals surface area contributed by atoms with Gasteiger partial charge in [-0.3, -0.25) is 0 Å². The third-order valence-corrected chi connectivity index (χ3v) is 4.80. The first-order valence-corrected chi connectivity index (χ1v) is 6.86. The van der Waals surface area contributed by atoms with Crippen LogP contribution in [-0.4, -0.2) is 34.3 Å². The second kappa shape index (κ2) is 4.86. The zero-order valence-corrected chi connectivity index (χ0v) is 9.72. The lowest BCUT2D eigenvalue weighted by molar-refractivity contribution is 0.108. The fourth-order valence-electron chi connectivity index (χ4n) is 2.57. The van der Waals surface area contributed by atoms with Crippen molar-refractivity contribution < 1.29 is 5.11 Å². The molecule has 2 rings (SSSR count). The lowest BCUT2D eigenvalue weighted by Gasteiger charge is -2.30. The number of aliphatic hydroxyl groups is 1. The van der Waals surface area contributed by atoms with Gasteiger partial charge in [0, 0.05) is 17.3 Å². The second-order valence-corrected chi connectivity index (χ2v) is 6.14. The minimum absolute atomic E-state index is 0.0504. The highest BCUT2D eigenvalue weighted by molar-refractivity contribution is 8.00. The summed E-state index contributed by atoms with van der Waals surface area (Å²) >= 11 is 2.07. The molecule has 2 aliphatic rings. The summed E-state index contributed by atoms with van der Waals surface area (Å²) in [7, 11) is 0. The van der Waals surface area contributed by atoms with Crippen LogP contribution >= 0.6 is 11.8 Å². The summed E-state index contributed by atoms with van der Waals surface area (Å²) in [5.74, 6) is 1.30. The quantitative estimate of drug-likeness (QED) is 0.736. The molecule has 1 saturated heterocycles. The summed E-state index contributed by atoms with van der Waals surface area (Å²) in [4.78, 5) is 0. The SMILES string of the molecule is CC1SCCC1NC1CCCC(O)C1. The average Bonchev–Trinajstić information content (AvgIpc) is 2.52. The van der Waals surface area contributed by atoms with Gasteiger partial charge in [0.05, 0.1) is 6.10 Å². The summed E-state index contributed by atoms with van der Waals surface area (Å²) < 4.78 is 0. The Bertz CT molecular complexity index is 188. The lowest BCUT2D eigenvalue weighted by Crippen LogP contribution is -2.44. The average molecular weight is 215 g/mol. The van der Waals surface area contributed by atoms with E-state index in [0.717, 1.165) is 18.1 Å². The smallest absolute Gasteiger partial charge is 0.0555 e. The zero-order chi connectivity index (χ0) is 9.97. The van der Waals surface area contributed by atoms with Gasteiger partial charge >= 0.3 is 0 Å². The van der Waals surface area contributed by atoms with Crippen LogP contribution in [0.4, 0.5) is 0 Å². The van der Waals surface area contributed by atoms with E-state index < -0.39 is 0 Å². The van der Waals surface area contributed by atoms with Crippen molar-refractivity contribution in [1.82, 2.24) is 5.32 Å². The van der Waals surface area contributed by atoms with Gasteiger partial charge in [0.25, 0.3) is 0 Å². The minimum Gasteiger partial charge on any atom is -0.393 e. The molecule has 1 saturated carbocycles. The highest BCUT2D eigenvalue weighted by Gasteiger charge is 2.28. The summed E-state index contributed by atoms with van der Waals surface area (Å²) in [5, 5.41) is 14.0. The molecule has 82 valence electrons. The Labute approximate surface area is 90.8 Å². The number of nitrogens with one attached hydrogen (secondary N) is 1. The first-order chi connectivity index (χ1) is 6.75. The van der Waals surface area contributed by atoms with Gasteiger partial charge in [-0.05, 0) is 37.9 Å². The molecule has 1 heterocycles. The molecule has 14 heavy (non-hydrogen) atoms. The molecule has 0 bridgehead atoms. The van der Waals surface area contributed by atoms with Crippen LogP contribution in [0, 0.1) is 0 Å². The predicted octanol–water partition coefficient (Wildman–Crippen LogP) is 1.77. The van der Waals surface area contributed by atoms with E-state index in [0.29, 0.717) is 12.1 Å². The molecule has 0 spiro atoms. The highest BCUT2D eigenvalue weighted by atomic mass is 32.2. The van der Waals surface area contributed by atoms with E-state index >= 15 is 0 Å². The maximum absolute atomic E-state index is 9.57. The number of thioether (sulfide) groups is 1. The molecule has 0 aromatic heterocycles. The van der Waals surface area contributed by atoms with Gasteiger partial charge in [-0.1, -0.05) is 6.92 Å². The fraction of sp³-hybridized carbons (Fsp3) is 1.00. The topological polar surface area (TPSA) is 32.3 Å². The van der Waals surface area contributed by atoms with Crippen molar-refractivity contribution in [3.05, 3.63) is 0 Å². The van der Waals surface area contributed by atoms with Gasteiger partial charge in [0.15, 0.2) is 0 Å². The summed E-state index contributed by atoms with van der Waals surface area (Å²) in [6.07, 6.45) is 5.67. The van der Waals surface area contributed by atoms with Gasteiger partial charge in [0.1, 0.15) is 0 Å². The third-order valence-electron chi connectivity index (χ3n) is 3.47. The summed E-state index contributed by atoms with van der Waals surface area (Å²) in [6, 6.07) is 1.26. The van der Waals surface area contributed by atoms with Gasteiger partial charge in [0.2, 0.25) is 0 Å². The molecular weight excluding hydrogens is 194 g/mol. The van der Waals surface area contributed by atoms with Crippen molar-refractivity contribution in [2.24, 2.45) is 0 Å². The van der Waals surface area contributed by atoms with Crippen molar-refractivity contribution in [2.45, 2.75) is 62.5 Å². The molecule has 1 aliphatic heterocycles. The van der Waals surface area contributed by atoms with Crippen LogP contribution in [0.25, 0.3) is 0 Å². The number of aliphatic hydroxyl groups excluding tert-OH is 1. The summed E-state index contributed by atoms with van der Waals surface area (Å²) in [5.41, 5.74) is 0. The van der Waals surface area contributed by atoms with E-state index in [1.807, 2.05) is 0 Å². The molecular formula is C11H21NOS. The maximum Gasteiger partial charge on any atom is 0.0555 e. The van der Waals surface area contributed by atoms with Crippen LogP contribution in [0.1, 0.15) is 39.0 Å². The molecule has 0 amide bonds. The first kappa shape index (κ1) is 10.8. The lowest BCUT2D eigenvalue weighted by atomic mass is 9.92. The van der Waals surface area contributed by atoms with E-state index in [4.69, 9.17) is 0 Å². The standard InChI is InChI=1S/C11H21NOS/c1-8-11(5-6-14-8)12-9-3-2-4-10(13)7-9/h8-13H,2-7H2,1H3. The molecule has 3 heteroatoms. The van der Waals surface area contributed by atoms with Gasteiger partial charge < -0.3 is 10.4 Å². The molecule has 4 unspecified atom stereocenters. The van der Waals surface area contributed by atoms with Crippen LogP contribution in [0.15, 0.2) is 0 Å². The molecule has 2 nitrogen and oxygen atoms in total. The Morgan fingerprint density at radius 2 is 2.14 bits per heavy atom. The van der Waals surface area contributed by atoms with Gasteiger partial charge in [-0.2, -0.15) is 11.8 Å². The van der Waals surface area contributed by atoms with Crippen LogP contribution < -0.4 is 5.32 Å². The molecule has 0 radical (unpaired) electrons. The van der Waals surface area contributed by atoms with Crippen molar-refractivity contribution in [3.63, 3.8) is 0 Å². The number of hydrogen-bond acceptors (Lipinski definition) is 3. The third kappa shape index (κ3) is 2.65. The Hall–Kier alpha value is 0.270.